The molecule has 1 heteroatoms. The lowest BCUT2D eigenvalue weighted by molar-refractivity contribution is -0.122. The monoisotopic (exact) mass is 152 g/mol. The standard InChI is InChI=1S/C10H16O/c1-5-8-10(6-2,7-3)9(4)11/h6-7H,2-3,5,8H2,1,4H3. The van der Waals surface area contributed by atoms with E-state index in [0.717, 1.165) is 12.8 Å². The van der Waals surface area contributed by atoms with Crippen molar-refractivity contribution in [1.82, 2.24) is 0 Å². The molecular weight excluding hydrogens is 136 g/mol. The molecule has 0 atom stereocenters. The van der Waals surface area contributed by atoms with Crippen molar-refractivity contribution in [2.75, 3.05) is 0 Å². The molecule has 62 valence electrons. The van der Waals surface area contributed by atoms with Crippen LogP contribution in [0.5, 0.6) is 0 Å². The van der Waals surface area contributed by atoms with Crippen LogP contribution in [-0.4, -0.2) is 5.78 Å². The van der Waals surface area contributed by atoms with Gasteiger partial charge in [0.2, 0.25) is 0 Å². The number of Topliss-reactive ketones (excluding diaryl/α,β-unsaturated/α-hetero) is 1. The van der Waals surface area contributed by atoms with E-state index in [2.05, 4.69) is 13.2 Å². The Morgan fingerprint density at radius 1 is 1.45 bits per heavy atom. The van der Waals surface area contributed by atoms with Crippen molar-refractivity contribution in [3.05, 3.63) is 25.3 Å². The Labute approximate surface area is 68.8 Å². The quantitative estimate of drug-likeness (QED) is 0.553. The molecule has 0 saturated carbocycles. The number of ketones is 1. The van der Waals surface area contributed by atoms with Crippen molar-refractivity contribution in [2.24, 2.45) is 5.41 Å². The molecule has 0 radical (unpaired) electrons. The summed E-state index contributed by atoms with van der Waals surface area (Å²) in [4.78, 5) is 11.2. The molecule has 0 saturated heterocycles. The molecule has 0 rings (SSSR count). The summed E-state index contributed by atoms with van der Waals surface area (Å²) in [5, 5.41) is 0. The first kappa shape index (κ1) is 10.2. The molecule has 1 nitrogen and oxygen atoms in total. The molecule has 0 aromatic rings. The van der Waals surface area contributed by atoms with E-state index in [1.807, 2.05) is 6.92 Å². The first-order valence-corrected chi connectivity index (χ1v) is 3.91. The lowest BCUT2D eigenvalue weighted by Gasteiger charge is -2.22. The third-order valence-corrected chi connectivity index (χ3v) is 2.05. The molecule has 0 spiro atoms. The van der Waals surface area contributed by atoms with Crippen molar-refractivity contribution >= 4 is 5.78 Å². The molecule has 0 aliphatic carbocycles. The third kappa shape index (κ3) is 2.04. The van der Waals surface area contributed by atoms with E-state index in [-0.39, 0.29) is 5.78 Å². The van der Waals surface area contributed by atoms with Crippen LogP contribution in [-0.2, 0) is 4.79 Å². The highest BCUT2D eigenvalue weighted by Gasteiger charge is 2.26. The third-order valence-electron chi connectivity index (χ3n) is 2.05. The molecule has 0 aromatic carbocycles. The highest BCUT2D eigenvalue weighted by atomic mass is 16.1. The predicted octanol–water partition coefficient (Wildman–Crippen LogP) is 2.73. The van der Waals surface area contributed by atoms with Gasteiger partial charge in [-0.2, -0.15) is 0 Å². The topological polar surface area (TPSA) is 17.1 Å². The number of carbonyl (C=O) groups is 1. The van der Waals surface area contributed by atoms with Gasteiger partial charge in [0.05, 0.1) is 5.41 Å². The number of hydrogen-bond acceptors (Lipinski definition) is 1. The van der Waals surface area contributed by atoms with Crippen LogP contribution in [0.3, 0.4) is 0 Å². The van der Waals surface area contributed by atoms with Crippen LogP contribution in [0.2, 0.25) is 0 Å². The second-order valence-electron chi connectivity index (χ2n) is 2.75. The number of carbonyl (C=O) groups excluding carboxylic acids is 1. The van der Waals surface area contributed by atoms with Gasteiger partial charge in [0.1, 0.15) is 5.78 Å². The Bertz CT molecular complexity index is 160. The smallest absolute Gasteiger partial charge is 0.143 e. The first-order valence-electron chi connectivity index (χ1n) is 3.91. The van der Waals surface area contributed by atoms with Crippen molar-refractivity contribution < 1.29 is 4.79 Å². The summed E-state index contributed by atoms with van der Waals surface area (Å²) in [6.07, 6.45) is 5.16. The fourth-order valence-corrected chi connectivity index (χ4v) is 1.16. The van der Waals surface area contributed by atoms with Crippen LogP contribution in [0.15, 0.2) is 25.3 Å². The summed E-state index contributed by atoms with van der Waals surface area (Å²) in [7, 11) is 0. The van der Waals surface area contributed by atoms with Crippen LogP contribution in [0.25, 0.3) is 0 Å². The molecule has 0 heterocycles. The fraction of sp³-hybridized carbons (Fsp3) is 0.500. The molecule has 11 heavy (non-hydrogen) atoms. The van der Waals surface area contributed by atoms with Crippen molar-refractivity contribution in [2.45, 2.75) is 26.7 Å². The Kier molecular flexibility index (Phi) is 3.80. The van der Waals surface area contributed by atoms with Crippen LogP contribution in [0.4, 0.5) is 0 Å². The summed E-state index contributed by atoms with van der Waals surface area (Å²) in [5.74, 6) is 0.129. The molecule has 0 bridgehead atoms. The maximum absolute atomic E-state index is 11.2. The highest BCUT2D eigenvalue weighted by molar-refractivity contribution is 5.86. The van der Waals surface area contributed by atoms with Gasteiger partial charge < -0.3 is 0 Å². The molecule has 0 amide bonds. The van der Waals surface area contributed by atoms with Gasteiger partial charge in [0.25, 0.3) is 0 Å². The van der Waals surface area contributed by atoms with E-state index in [9.17, 15) is 4.79 Å². The van der Waals surface area contributed by atoms with Gasteiger partial charge in [0, 0.05) is 0 Å². The van der Waals surface area contributed by atoms with Gasteiger partial charge in [-0.05, 0) is 13.3 Å². The van der Waals surface area contributed by atoms with Crippen LogP contribution in [0.1, 0.15) is 26.7 Å². The molecule has 0 N–H and O–H groups in total. The largest absolute Gasteiger partial charge is 0.299 e. The average molecular weight is 152 g/mol. The van der Waals surface area contributed by atoms with Crippen LogP contribution in [0, 0.1) is 5.41 Å². The number of hydrogen-bond donors (Lipinski definition) is 0. The van der Waals surface area contributed by atoms with Gasteiger partial charge in [0.15, 0.2) is 0 Å². The maximum atomic E-state index is 11.2. The van der Waals surface area contributed by atoms with Crippen molar-refractivity contribution in [1.29, 1.82) is 0 Å². The molecule has 0 aromatic heterocycles. The van der Waals surface area contributed by atoms with E-state index in [4.69, 9.17) is 0 Å². The SMILES string of the molecule is C=CC(C=C)(CCC)C(C)=O. The lowest BCUT2D eigenvalue weighted by atomic mass is 9.80. The Morgan fingerprint density at radius 3 is 2.00 bits per heavy atom. The molecule has 0 unspecified atom stereocenters. The van der Waals surface area contributed by atoms with E-state index >= 15 is 0 Å². The van der Waals surface area contributed by atoms with Gasteiger partial charge in [-0.3, -0.25) is 4.79 Å². The maximum Gasteiger partial charge on any atom is 0.143 e. The zero-order valence-corrected chi connectivity index (χ0v) is 7.39. The lowest BCUT2D eigenvalue weighted by Crippen LogP contribution is -2.23. The summed E-state index contributed by atoms with van der Waals surface area (Å²) in [6, 6.07) is 0. The van der Waals surface area contributed by atoms with Gasteiger partial charge >= 0.3 is 0 Å². The van der Waals surface area contributed by atoms with Gasteiger partial charge in [-0.25, -0.2) is 0 Å². The molecule has 0 aliphatic rings. The van der Waals surface area contributed by atoms with Crippen molar-refractivity contribution in [3.8, 4) is 0 Å². The minimum absolute atomic E-state index is 0.129. The normalized spacial score (nSPS) is 10.7. The van der Waals surface area contributed by atoms with Gasteiger partial charge in [-0.15, -0.1) is 13.2 Å². The molecular formula is C10H16O. The zero-order chi connectivity index (χ0) is 8.91. The average Bonchev–Trinajstić information content (AvgIpc) is 2.00. The summed E-state index contributed by atoms with van der Waals surface area (Å²) < 4.78 is 0. The van der Waals surface area contributed by atoms with Gasteiger partial charge in [-0.1, -0.05) is 25.5 Å². The summed E-state index contributed by atoms with van der Waals surface area (Å²) in [6.45, 7) is 10.9. The number of allylic oxidation sites excluding steroid dienone is 2. The summed E-state index contributed by atoms with van der Waals surface area (Å²) in [5.41, 5.74) is -0.477. The minimum atomic E-state index is -0.477. The second kappa shape index (κ2) is 4.12. The van der Waals surface area contributed by atoms with E-state index in [0.29, 0.717) is 0 Å². The second-order valence-corrected chi connectivity index (χ2v) is 2.75. The van der Waals surface area contributed by atoms with Crippen LogP contribution >= 0.6 is 0 Å². The van der Waals surface area contributed by atoms with E-state index < -0.39 is 5.41 Å². The highest BCUT2D eigenvalue weighted by Crippen LogP contribution is 2.27. The minimum Gasteiger partial charge on any atom is -0.299 e. The predicted molar refractivity (Wildman–Crippen MR) is 48.4 cm³/mol. The Balaban J connectivity index is 4.59. The van der Waals surface area contributed by atoms with Crippen LogP contribution < -0.4 is 0 Å². The molecule has 0 aliphatic heterocycles. The van der Waals surface area contributed by atoms with Crippen molar-refractivity contribution in [3.63, 3.8) is 0 Å². The molecule has 0 fully saturated rings. The Hall–Kier alpha value is -0.850. The Morgan fingerprint density at radius 2 is 1.91 bits per heavy atom. The fourth-order valence-electron chi connectivity index (χ4n) is 1.16. The number of rotatable bonds is 5. The summed E-state index contributed by atoms with van der Waals surface area (Å²) >= 11 is 0. The van der Waals surface area contributed by atoms with E-state index in [1.54, 1.807) is 19.1 Å². The first-order chi connectivity index (χ1) is 5.13. The zero-order valence-electron chi connectivity index (χ0n) is 7.39. The van der Waals surface area contributed by atoms with E-state index in [1.165, 1.54) is 0 Å².